The minimum Gasteiger partial charge on any atom is -0.381 e. The molecule has 23 heavy (non-hydrogen) atoms. The van der Waals surface area contributed by atoms with Crippen LogP contribution < -0.4 is 5.32 Å². The summed E-state index contributed by atoms with van der Waals surface area (Å²) in [5, 5.41) is 3.53. The maximum atomic E-state index is 3.53. The van der Waals surface area contributed by atoms with E-state index in [-0.39, 0.29) is 0 Å². The lowest BCUT2D eigenvalue weighted by atomic mass is 9.96. The molecule has 0 aromatic heterocycles. The van der Waals surface area contributed by atoms with Gasteiger partial charge in [-0.3, -0.25) is 0 Å². The molecule has 0 heterocycles. The Morgan fingerprint density at radius 1 is 0.957 bits per heavy atom. The van der Waals surface area contributed by atoms with E-state index in [9.17, 15) is 0 Å². The first-order chi connectivity index (χ1) is 11.2. The lowest BCUT2D eigenvalue weighted by Crippen LogP contribution is -2.14. The first-order valence-electron chi connectivity index (χ1n) is 8.14. The predicted molar refractivity (Wildman–Crippen MR) is 99.4 cm³/mol. The number of likely N-dealkylation sites (N-methyl/N-ethyl adjacent to an activating group) is 1. The van der Waals surface area contributed by atoms with Gasteiger partial charge in [-0.05, 0) is 54.9 Å². The van der Waals surface area contributed by atoms with E-state index in [1.807, 2.05) is 6.07 Å². The normalized spacial score (nSPS) is 13.9. The zero-order valence-electron chi connectivity index (χ0n) is 13.9. The summed E-state index contributed by atoms with van der Waals surface area (Å²) in [6.45, 7) is 1.84. The van der Waals surface area contributed by atoms with E-state index in [1.54, 1.807) is 0 Å². The Hall–Kier alpha value is -2.32. The van der Waals surface area contributed by atoms with Crippen molar-refractivity contribution in [1.82, 2.24) is 4.90 Å². The predicted octanol–water partition coefficient (Wildman–Crippen LogP) is 4.57. The van der Waals surface area contributed by atoms with Crippen molar-refractivity contribution in [3.05, 3.63) is 83.4 Å². The molecule has 0 saturated heterocycles. The molecule has 0 amide bonds. The summed E-state index contributed by atoms with van der Waals surface area (Å²) < 4.78 is 0. The highest BCUT2D eigenvalue weighted by Gasteiger charge is 2.14. The third kappa shape index (κ3) is 3.91. The molecule has 0 fully saturated rings. The monoisotopic (exact) mass is 304 g/mol. The summed E-state index contributed by atoms with van der Waals surface area (Å²) >= 11 is 0. The molecule has 2 aromatic carbocycles. The molecule has 2 aromatic rings. The van der Waals surface area contributed by atoms with Gasteiger partial charge >= 0.3 is 0 Å². The molecular weight excluding hydrogens is 280 g/mol. The van der Waals surface area contributed by atoms with Gasteiger partial charge in [0.1, 0.15) is 0 Å². The van der Waals surface area contributed by atoms with E-state index < -0.39 is 0 Å². The van der Waals surface area contributed by atoms with Gasteiger partial charge in [0, 0.05) is 18.8 Å². The van der Waals surface area contributed by atoms with Gasteiger partial charge < -0.3 is 10.2 Å². The quantitative estimate of drug-likeness (QED) is 0.840. The SMILES string of the molecule is CN(C)CC1=C(c2ccccc2CNc2ccccc2)CC=C1. The van der Waals surface area contributed by atoms with Gasteiger partial charge in [0.2, 0.25) is 0 Å². The van der Waals surface area contributed by atoms with E-state index in [0.29, 0.717) is 0 Å². The second kappa shape index (κ2) is 7.30. The fraction of sp³-hybridized carbons (Fsp3) is 0.238. The van der Waals surface area contributed by atoms with E-state index in [2.05, 4.69) is 85.0 Å². The van der Waals surface area contributed by atoms with Gasteiger partial charge in [0.15, 0.2) is 0 Å². The number of rotatable bonds is 6. The molecule has 1 aliphatic carbocycles. The number of allylic oxidation sites excluding steroid dienone is 2. The Bertz CT molecular complexity index is 712. The van der Waals surface area contributed by atoms with Gasteiger partial charge in [-0.25, -0.2) is 0 Å². The minimum absolute atomic E-state index is 0.846. The molecule has 3 rings (SSSR count). The summed E-state index contributed by atoms with van der Waals surface area (Å²) in [5.74, 6) is 0. The van der Waals surface area contributed by atoms with Crippen molar-refractivity contribution in [1.29, 1.82) is 0 Å². The first-order valence-corrected chi connectivity index (χ1v) is 8.14. The van der Waals surface area contributed by atoms with E-state index >= 15 is 0 Å². The van der Waals surface area contributed by atoms with Gasteiger partial charge in [-0.1, -0.05) is 54.6 Å². The highest BCUT2D eigenvalue weighted by molar-refractivity contribution is 5.77. The number of nitrogens with zero attached hydrogens (tertiary/aromatic N) is 1. The second-order valence-electron chi connectivity index (χ2n) is 6.22. The Balaban J connectivity index is 1.83. The largest absolute Gasteiger partial charge is 0.381 e. The average Bonchev–Trinajstić information content (AvgIpc) is 3.01. The van der Waals surface area contributed by atoms with Crippen molar-refractivity contribution < 1.29 is 0 Å². The molecule has 0 radical (unpaired) electrons. The third-order valence-corrected chi connectivity index (χ3v) is 4.11. The molecule has 118 valence electrons. The first kappa shape index (κ1) is 15.6. The minimum atomic E-state index is 0.846. The van der Waals surface area contributed by atoms with E-state index in [1.165, 1.54) is 22.3 Å². The van der Waals surface area contributed by atoms with Crippen LogP contribution >= 0.6 is 0 Å². The maximum absolute atomic E-state index is 3.53. The van der Waals surface area contributed by atoms with Crippen molar-refractivity contribution in [3.63, 3.8) is 0 Å². The van der Waals surface area contributed by atoms with Crippen LogP contribution in [-0.2, 0) is 6.54 Å². The smallest absolute Gasteiger partial charge is 0.0406 e. The molecule has 0 saturated carbocycles. The average molecular weight is 304 g/mol. The lowest BCUT2D eigenvalue weighted by molar-refractivity contribution is 0.450. The zero-order chi connectivity index (χ0) is 16.1. The number of para-hydroxylation sites is 1. The van der Waals surface area contributed by atoms with Gasteiger partial charge in [-0.15, -0.1) is 0 Å². The van der Waals surface area contributed by atoms with Crippen molar-refractivity contribution in [3.8, 4) is 0 Å². The van der Waals surface area contributed by atoms with Crippen molar-refractivity contribution in [2.24, 2.45) is 0 Å². The van der Waals surface area contributed by atoms with Crippen LogP contribution in [0.5, 0.6) is 0 Å². The van der Waals surface area contributed by atoms with Gasteiger partial charge in [0.05, 0.1) is 0 Å². The summed E-state index contributed by atoms with van der Waals surface area (Å²) in [4.78, 5) is 2.23. The summed E-state index contributed by atoms with van der Waals surface area (Å²) in [7, 11) is 4.25. The topological polar surface area (TPSA) is 15.3 Å². The Morgan fingerprint density at radius 3 is 2.48 bits per heavy atom. The highest BCUT2D eigenvalue weighted by atomic mass is 15.0. The van der Waals surface area contributed by atoms with Crippen molar-refractivity contribution >= 4 is 11.3 Å². The molecule has 0 spiro atoms. The van der Waals surface area contributed by atoms with E-state index in [4.69, 9.17) is 0 Å². The molecule has 1 N–H and O–H groups in total. The van der Waals surface area contributed by atoms with Crippen LogP contribution in [0.3, 0.4) is 0 Å². The van der Waals surface area contributed by atoms with Gasteiger partial charge in [0.25, 0.3) is 0 Å². The Labute approximate surface area is 139 Å². The number of anilines is 1. The molecule has 2 nitrogen and oxygen atoms in total. The van der Waals surface area contributed by atoms with Crippen LogP contribution in [0.4, 0.5) is 5.69 Å². The Kier molecular flexibility index (Phi) is 4.94. The molecule has 0 bridgehead atoms. The van der Waals surface area contributed by atoms with E-state index in [0.717, 1.165) is 25.2 Å². The summed E-state index contributed by atoms with van der Waals surface area (Å²) in [6, 6.07) is 19.1. The van der Waals surface area contributed by atoms with Crippen LogP contribution in [0, 0.1) is 0 Å². The fourth-order valence-corrected chi connectivity index (χ4v) is 3.04. The maximum Gasteiger partial charge on any atom is 0.0406 e. The molecular formula is C21H24N2. The number of hydrogen-bond donors (Lipinski definition) is 1. The summed E-state index contributed by atoms with van der Waals surface area (Å²) in [5.41, 5.74) is 6.78. The van der Waals surface area contributed by atoms with Crippen LogP contribution in [0.1, 0.15) is 17.5 Å². The molecule has 0 unspecified atom stereocenters. The molecule has 2 heteroatoms. The molecule has 1 aliphatic rings. The number of benzene rings is 2. The molecule has 0 atom stereocenters. The van der Waals surface area contributed by atoms with Crippen LogP contribution in [0.15, 0.2) is 72.3 Å². The Morgan fingerprint density at radius 2 is 1.70 bits per heavy atom. The van der Waals surface area contributed by atoms with Crippen LogP contribution in [0.25, 0.3) is 5.57 Å². The zero-order valence-corrected chi connectivity index (χ0v) is 13.9. The van der Waals surface area contributed by atoms with Gasteiger partial charge in [-0.2, -0.15) is 0 Å². The van der Waals surface area contributed by atoms with Crippen molar-refractivity contribution in [2.75, 3.05) is 26.0 Å². The molecule has 0 aliphatic heterocycles. The number of nitrogens with one attached hydrogen (secondary N) is 1. The van der Waals surface area contributed by atoms with Crippen LogP contribution in [-0.4, -0.2) is 25.5 Å². The standard InChI is InChI=1S/C21H24N2/c1-23(2)16-18-10-8-14-21(18)20-13-7-6-9-17(20)15-22-19-11-4-3-5-12-19/h3-13,22H,14-16H2,1-2H3. The van der Waals surface area contributed by atoms with Crippen molar-refractivity contribution in [2.45, 2.75) is 13.0 Å². The summed E-state index contributed by atoms with van der Waals surface area (Å²) in [6.07, 6.45) is 5.58. The fourth-order valence-electron chi connectivity index (χ4n) is 3.04. The second-order valence-corrected chi connectivity index (χ2v) is 6.22. The third-order valence-electron chi connectivity index (χ3n) is 4.11. The van der Waals surface area contributed by atoms with Crippen LogP contribution in [0.2, 0.25) is 0 Å². The highest BCUT2D eigenvalue weighted by Crippen LogP contribution is 2.31. The number of hydrogen-bond acceptors (Lipinski definition) is 2. The lowest BCUT2D eigenvalue weighted by Gasteiger charge is -2.16.